The van der Waals surface area contributed by atoms with E-state index in [4.69, 9.17) is 0 Å². The van der Waals surface area contributed by atoms with Crippen LogP contribution in [-0.4, -0.2) is 9.55 Å². The highest BCUT2D eigenvalue weighted by Crippen LogP contribution is 2.19. The molecule has 0 radical (unpaired) electrons. The molecule has 3 heteroatoms. The second kappa shape index (κ2) is 6.90. The van der Waals surface area contributed by atoms with Crippen molar-refractivity contribution in [3.8, 4) is 0 Å². The van der Waals surface area contributed by atoms with Crippen molar-refractivity contribution >= 4 is 0 Å². The van der Waals surface area contributed by atoms with Gasteiger partial charge in [0.1, 0.15) is 5.82 Å². The Bertz CT molecular complexity index is 554. The Morgan fingerprint density at radius 3 is 2.24 bits per heavy atom. The van der Waals surface area contributed by atoms with E-state index in [1.54, 1.807) is 0 Å². The molecule has 0 spiro atoms. The maximum atomic E-state index is 4.41. The Labute approximate surface area is 128 Å². The summed E-state index contributed by atoms with van der Waals surface area (Å²) in [6.07, 6.45) is 4.98. The van der Waals surface area contributed by atoms with E-state index >= 15 is 0 Å². The van der Waals surface area contributed by atoms with E-state index in [-0.39, 0.29) is 6.04 Å². The summed E-state index contributed by atoms with van der Waals surface area (Å²) in [5.41, 5.74) is 2.74. The maximum absolute atomic E-state index is 4.41. The zero-order valence-corrected chi connectivity index (χ0v) is 13.8. The summed E-state index contributed by atoms with van der Waals surface area (Å²) in [6.45, 7) is 8.88. The first-order valence-corrected chi connectivity index (χ1v) is 7.79. The van der Waals surface area contributed by atoms with Crippen molar-refractivity contribution in [1.29, 1.82) is 0 Å². The zero-order chi connectivity index (χ0) is 15.4. The van der Waals surface area contributed by atoms with Crippen LogP contribution in [-0.2, 0) is 13.5 Å². The van der Waals surface area contributed by atoms with E-state index in [2.05, 4.69) is 66.8 Å². The highest BCUT2D eigenvalue weighted by atomic mass is 15.1. The van der Waals surface area contributed by atoms with Crippen LogP contribution in [0.4, 0.5) is 0 Å². The van der Waals surface area contributed by atoms with E-state index in [0.717, 1.165) is 12.2 Å². The normalized spacial score (nSPS) is 14.4. The van der Waals surface area contributed by atoms with Gasteiger partial charge in [-0.1, -0.05) is 38.1 Å². The summed E-state index contributed by atoms with van der Waals surface area (Å²) in [7, 11) is 2.03. The first-order valence-electron chi connectivity index (χ1n) is 7.79. The molecule has 0 aliphatic heterocycles. The first-order chi connectivity index (χ1) is 9.97. The summed E-state index contributed by atoms with van der Waals surface area (Å²) in [4.78, 5) is 4.41. The summed E-state index contributed by atoms with van der Waals surface area (Å²) in [5, 5.41) is 3.62. The molecule has 0 bridgehead atoms. The summed E-state index contributed by atoms with van der Waals surface area (Å²) in [6, 6.07) is 9.51. The van der Waals surface area contributed by atoms with Gasteiger partial charge < -0.3 is 9.88 Å². The summed E-state index contributed by atoms with van der Waals surface area (Å²) >= 11 is 0. The highest BCUT2D eigenvalue weighted by molar-refractivity contribution is 5.25. The second-order valence-electron chi connectivity index (χ2n) is 6.35. The molecule has 1 N–H and O–H groups in total. The third kappa shape index (κ3) is 4.18. The monoisotopic (exact) mass is 285 g/mol. The molecule has 1 aromatic carbocycles. The largest absolute Gasteiger partial charge is 0.337 e. The number of imidazole rings is 1. The van der Waals surface area contributed by atoms with Crippen molar-refractivity contribution in [1.82, 2.24) is 14.9 Å². The van der Waals surface area contributed by atoms with E-state index in [0.29, 0.717) is 12.0 Å². The van der Waals surface area contributed by atoms with Crippen molar-refractivity contribution in [3.63, 3.8) is 0 Å². The molecule has 1 heterocycles. The number of nitrogens with zero attached hydrogens (tertiary/aromatic N) is 2. The van der Waals surface area contributed by atoms with Gasteiger partial charge in [-0.2, -0.15) is 0 Å². The Morgan fingerprint density at radius 1 is 1.05 bits per heavy atom. The zero-order valence-electron chi connectivity index (χ0n) is 13.8. The van der Waals surface area contributed by atoms with Crippen LogP contribution in [0.3, 0.4) is 0 Å². The lowest BCUT2D eigenvalue weighted by atomic mass is 9.99. The van der Waals surface area contributed by atoms with Gasteiger partial charge in [-0.3, -0.25) is 0 Å². The Morgan fingerprint density at radius 2 is 1.71 bits per heavy atom. The lowest BCUT2D eigenvalue weighted by molar-refractivity contribution is 0.467. The van der Waals surface area contributed by atoms with Gasteiger partial charge in [0.25, 0.3) is 0 Å². The average molecular weight is 285 g/mol. The molecule has 3 nitrogen and oxygen atoms in total. The molecule has 0 amide bonds. The molecular weight excluding hydrogens is 258 g/mol. The minimum absolute atomic E-state index is 0.232. The third-order valence-electron chi connectivity index (χ3n) is 3.87. The number of aryl methyl sites for hydroxylation is 1. The molecule has 2 aromatic rings. The van der Waals surface area contributed by atoms with Crippen LogP contribution in [0.15, 0.2) is 36.7 Å². The lowest BCUT2D eigenvalue weighted by Gasteiger charge is -2.20. The van der Waals surface area contributed by atoms with Gasteiger partial charge in [-0.25, -0.2) is 4.98 Å². The molecule has 0 aliphatic carbocycles. The van der Waals surface area contributed by atoms with Gasteiger partial charge in [0.2, 0.25) is 0 Å². The van der Waals surface area contributed by atoms with E-state index < -0.39 is 0 Å². The smallest absolute Gasteiger partial charge is 0.125 e. The quantitative estimate of drug-likeness (QED) is 0.868. The van der Waals surface area contributed by atoms with Crippen molar-refractivity contribution in [2.75, 3.05) is 0 Å². The minimum atomic E-state index is 0.232. The Hall–Kier alpha value is -1.61. The van der Waals surface area contributed by atoms with Crippen molar-refractivity contribution < 1.29 is 0 Å². The number of benzene rings is 1. The molecule has 1 aromatic heterocycles. The number of aromatic nitrogens is 2. The molecular formula is C18H27N3. The topological polar surface area (TPSA) is 29.9 Å². The summed E-state index contributed by atoms with van der Waals surface area (Å²) in [5.74, 6) is 1.77. The molecule has 2 atom stereocenters. The van der Waals surface area contributed by atoms with Crippen LogP contribution in [0.5, 0.6) is 0 Å². The number of nitrogens with one attached hydrogen (secondary N) is 1. The molecule has 0 fully saturated rings. The van der Waals surface area contributed by atoms with Crippen LogP contribution in [0.2, 0.25) is 0 Å². The third-order valence-corrected chi connectivity index (χ3v) is 3.87. The second-order valence-corrected chi connectivity index (χ2v) is 6.35. The minimum Gasteiger partial charge on any atom is -0.337 e. The SMILES string of the molecule is CC(C)Cc1ccc(C(C)NC(C)c2nccn2C)cc1. The molecule has 0 saturated heterocycles. The fourth-order valence-electron chi connectivity index (χ4n) is 2.75. The van der Waals surface area contributed by atoms with Crippen LogP contribution >= 0.6 is 0 Å². The molecule has 2 rings (SSSR count). The highest BCUT2D eigenvalue weighted by Gasteiger charge is 2.14. The number of rotatable bonds is 6. The van der Waals surface area contributed by atoms with Gasteiger partial charge in [0.15, 0.2) is 0 Å². The molecule has 2 unspecified atom stereocenters. The molecule has 114 valence electrons. The van der Waals surface area contributed by atoms with Crippen molar-refractivity contribution in [2.24, 2.45) is 13.0 Å². The number of hydrogen-bond donors (Lipinski definition) is 1. The Balaban J connectivity index is 2.00. The average Bonchev–Trinajstić information content (AvgIpc) is 2.85. The predicted molar refractivity (Wildman–Crippen MR) is 88.2 cm³/mol. The van der Waals surface area contributed by atoms with Crippen molar-refractivity contribution in [2.45, 2.75) is 46.2 Å². The lowest BCUT2D eigenvalue weighted by Crippen LogP contribution is -2.24. The van der Waals surface area contributed by atoms with E-state index in [1.165, 1.54) is 11.1 Å². The maximum Gasteiger partial charge on any atom is 0.125 e. The van der Waals surface area contributed by atoms with E-state index in [9.17, 15) is 0 Å². The van der Waals surface area contributed by atoms with Crippen LogP contribution in [0.25, 0.3) is 0 Å². The first kappa shape index (κ1) is 15.8. The van der Waals surface area contributed by atoms with Crippen molar-refractivity contribution in [3.05, 3.63) is 53.6 Å². The van der Waals surface area contributed by atoms with Gasteiger partial charge in [-0.15, -0.1) is 0 Å². The standard InChI is InChI=1S/C18H27N3/c1-13(2)12-16-6-8-17(9-7-16)14(3)20-15(4)18-19-10-11-21(18)5/h6-11,13-15,20H,12H2,1-5H3. The predicted octanol–water partition coefficient (Wildman–Crippen LogP) is 4.03. The van der Waals surface area contributed by atoms with Gasteiger partial charge in [0.05, 0.1) is 6.04 Å². The molecule has 0 saturated carbocycles. The van der Waals surface area contributed by atoms with E-state index in [1.807, 2.05) is 19.4 Å². The number of hydrogen-bond acceptors (Lipinski definition) is 2. The Kier molecular flexibility index (Phi) is 5.18. The van der Waals surface area contributed by atoms with Gasteiger partial charge in [0, 0.05) is 25.5 Å². The molecule has 21 heavy (non-hydrogen) atoms. The van der Waals surface area contributed by atoms with Crippen LogP contribution in [0.1, 0.15) is 56.7 Å². The van der Waals surface area contributed by atoms with Gasteiger partial charge >= 0.3 is 0 Å². The van der Waals surface area contributed by atoms with Gasteiger partial charge in [-0.05, 0) is 37.3 Å². The fraction of sp³-hybridized carbons (Fsp3) is 0.500. The van der Waals surface area contributed by atoms with Crippen LogP contribution in [0, 0.1) is 5.92 Å². The summed E-state index contributed by atoms with van der Waals surface area (Å²) < 4.78 is 2.07. The fourth-order valence-corrected chi connectivity index (χ4v) is 2.75. The van der Waals surface area contributed by atoms with Crippen LogP contribution < -0.4 is 5.32 Å². The molecule has 0 aliphatic rings.